The van der Waals surface area contributed by atoms with Crippen molar-refractivity contribution in [2.45, 2.75) is 31.9 Å². The Labute approximate surface area is 56.6 Å². The Kier molecular flexibility index (Phi) is 2.49. The molecule has 0 aromatic carbocycles. The fraction of sp³-hybridized carbons (Fsp3) is 1.00. The van der Waals surface area contributed by atoms with Crippen molar-refractivity contribution in [1.29, 1.82) is 0 Å². The maximum Gasteiger partial charge on any atom is 0.0561 e. The van der Waals surface area contributed by atoms with Crippen LogP contribution in [0.2, 0.25) is 0 Å². The van der Waals surface area contributed by atoms with Gasteiger partial charge < -0.3 is 10.1 Å². The van der Waals surface area contributed by atoms with Gasteiger partial charge in [-0.2, -0.15) is 0 Å². The standard InChI is InChI=1S/C7H15NO/c1-6-5-7(8-2)3-4-9-6/h6-8H,3-5H2,1-2H3/t6-,7+/m0/s1. The molecule has 1 aliphatic heterocycles. The maximum absolute atomic E-state index is 5.37. The summed E-state index contributed by atoms with van der Waals surface area (Å²) in [7, 11) is 2.02. The minimum atomic E-state index is 0.455. The van der Waals surface area contributed by atoms with Crippen molar-refractivity contribution in [3.63, 3.8) is 0 Å². The molecule has 1 fully saturated rings. The highest BCUT2D eigenvalue weighted by atomic mass is 16.5. The molecule has 54 valence electrons. The van der Waals surface area contributed by atoms with Crippen LogP contribution >= 0.6 is 0 Å². The molecule has 0 radical (unpaired) electrons. The van der Waals surface area contributed by atoms with Gasteiger partial charge >= 0.3 is 0 Å². The average Bonchev–Trinajstić information content (AvgIpc) is 1.88. The predicted octanol–water partition coefficient (Wildman–Crippen LogP) is 0.773. The van der Waals surface area contributed by atoms with Crippen LogP contribution in [0.4, 0.5) is 0 Å². The number of ether oxygens (including phenoxy) is 1. The van der Waals surface area contributed by atoms with Gasteiger partial charge in [-0.25, -0.2) is 0 Å². The third-order valence-electron chi connectivity index (χ3n) is 1.89. The van der Waals surface area contributed by atoms with Gasteiger partial charge in [0.25, 0.3) is 0 Å². The summed E-state index contributed by atoms with van der Waals surface area (Å²) in [6.45, 7) is 3.05. The molecule has 0 aromatic heterocycles. The van der Waals surface area contributed by atoms with Crippen LogP contribution < -0.4 is 5.32 Å². The van der Waals surface area contributed by atoms with E-state index in [1.807, 2.05) is 7.05 Å². The molecule has 1 rings (SSSR count). The molecule has 9 heavy (non-hydrogen) atoms. The van der Waals surface area contributed by atoms with E-state index < -0.39 is 0 Å². The summed E-state index contributed by atoms with van der Waals surface area (Å²) in [6.07, 6.45) is 2.79. The number of hydrogen-bond donors (Lipinski definition) is 1. The second-order valence-corrected chi connectivity index (χ2v) is 2.69. The molecular weight excluding hydrogens is 114 g/mol. The van der Waals surface area contributed by atoms with E-state index in [2.05, 4.69) is 12.2 Å². The summed E-state index contributed by atoms with van der Waals surface area (Å²) < 4.78 is 5.37. The van der Waals surface area contributed by atoms with Crippen molar-refractivity contribution in [3.05, 3.63) is 0 Å². The van der Waals surface area contributed by atoms with Crippen LogP contribution in [0.15, 0.2) is 0 Å². The minimum absolute atomic E-state index is 0.455. The zero-order chi connectivity index (χ0) is 6.69. The Morgan fingerprint density at radius 3 is 2.78 bits per heavy atom. The Balaban J connectivity index is 2.23. The normalized spacial score (nSPS) is 36.7. The predicted molar refractivity (Wildman–Crippen MR) is 37.5 cm³/mol. The van der Waals surface area contributed by atoms with Crippen molar-refractivity contribution in [2.24, 2.45) is 0 Å². The second-order valence-electron chi connectivity index (χ2n) is 2.69. The highest BCUT2D eigenvalue weighted by Crippen LogP contribution is 2.11. The lowest BCUT2D eigenvalue weighted by Gasteiger charge is -2.26. The lowest BCUT2D eigenvalue weighted by molar-refractivity contribution is 0.0147. The first kappa shape index (κ1) is 7.03. The zero-order valence-electron chi connectivity index (χ0n) is 6.18. The number of hydrogen-bond acceptors (Lipinski definition) is 2. The maximum atomic E-state index is 5.37. The summed E-state index contributed by atoms with van der Waals surface area (Å²) in [5.74, 6) is 0. The van der Waals surface area contributed by atoms with Crippen LogP contribution in [0.3, 0.4) is 0 Å². The van der Waals surface area contributed by atoms with Gasteiger partial charge in [0.2, 0.25) is 0 Å². The average molecular weight is 129 g/mol. The largest absolute Gasteiger partial charge is 0.378 e. The van der Waals surface area contributed by atoms with Crippen molar-refractivity contribution >= 4 is 0 Å². The van der Waals surface area contributed by atoms with E-state index in [0.29, 0.717) is 12.1 Å². The summed E-state index contributed by atoms with van der Waals surface area (Å²) in [4.78, 5) is 0. The number of nitrogens with one attached hydrogen (secondary N) is 1. The third kappa shape index (κ3) is 1.95. The van der Waals surface area contributed by atoms with E-state index in [-0.39, 0.29) is 0 Å². The van der Waals surface area contributed by atoms with E-state index in [1.54, 1.807) is 0 Å². The molecule has 0 saturated carbocycles. The minimum Gasteiger partial charge on any atom is -0.378 e. The molecule has 0 unspecified atom stereocenters. The topological polar surface area (TPSA) is 21.3 Å². The first-order valence-corrected chi connectivity index (χ1v) is 3.62. The molecule has 0 aliphatic carbocycles. The van der Waals surface area contributed by atoms with Crippen molar-refractivity contribution in [1.82, 2.24) is 5.32 Å². The van der Waals surface area contributed by atoms with Crippen LogP contribution in [0.5, 0.6) is 0 Å². The molecule has 2 heteroatoms. The highest BCUT2D eigenvalue weighted by Gasteiger charge is 2.16. The van der Waals surface area contributed by atoms with Gasteiger partial charge in [-0.1, -0.05) is 0 Å². The van der Waals surface area contributed by atoms with Gasteiger partial charge in [-0.05, 0) is 26.8 Å². The Hall–Kier alpha value is -0.0800. The first-order chi connectivity index (χ1) is 4.33. The van der Waals surface area contributed by atoms with E-state index in [1.165, 1.54) is 6.42 Å². The zero-order valence-corrected chi connectivity index (χ0v) is 6.18. The molecule has 1 heterocycles. The van der Waals surface area contributed by atoms with Crippen LogP contribution in [0, 0.1) is 0 Å². The number of rotatable bonds is 1. The quantitative estimate of drug-likeness (QED) is 0.564. The second kappa shape index (κ2) is 3.18. The van der Waals surface area contributed by atoms with Gasteiger partial charge in [0, 0.05) is 12.6 Å². The fourth-order valence-electron chi connectivity index (χ4n) is 1.26. The van der Waals surface area contributed by atoms with Gasteiger partial charge in [-0.3, -0.25) is 0 Å². The Morgan fingerprint density at radius 2 is 2.33 bits per heavy atom. The summed E-state index contributed by atoms with van der Waals surface area (Å²) in [6, 6.07) is 0.689. The van der Waals surface area contributed by atoms with Crippen molar-refractivity contribution in [2.75, 3.05) is 13.7 Å². The molecule has 2 atom stereocenters. The van der Waals surface area contributed by atoms with Gasteiger partial charge in [0.1, 0.15) is 0 Å². The molecule has 1 saturated heterocycles. The molecule has 0 bridgehead atoms. The molecule has 1 N–H and O–H groups in total. The summed E-state index contributed by atoms with van der Waals surface area (Å²) >= 11 is 0. The van der Waals surface area contributed by atoms with E-state index >= 15 is 0 Å². The molecule has 1 aliphatic rings. The third-order valence-corrected chi connectivity index (χ3v) is 1.89. The molecule has 0 amide bonds. The lowest BCUT2D eigenvalue weighted by atomic mass is 10.1. The van der Waals surface area contributed by atoms with Crippen LogP contribution in [0.25, 0.3) is 0 Å². The first-order valence-electron chi connectivity index (χ1n) is 3.62. The highest BCUT2D eigenvalue weighted by molar-refractivity contribution is 4.72. The van der Waals surface area contributed by atoms with Gasteiger partial charge in [0.05, 0.1) is 6.10 Å². The smallest absolute Gasteiger partial charge is 0.0561 e. The summed E-state index contributed by atoms with van der Waals surface area (Å²) in [5.41, 5.74) is 0. The Morgan fingerprint density at radius 1 is 1.56 bits per heavy atom. The molecule has 0 spiro atoms. The lowest BCUT2D eigenvalue weighted by Crippen LogP contribution is -2.35. The monoisotopic (exact) mass is 129 g/mol. The SMILES string of the molecule is CN[C@@H]1CCO[C@@H](C)C1. The molecule has 0 aromatic rings. The van der Waals surface area contributed by atoms with Crippen LogP contribution in [-0.2, 0) is 4.74 Å². The van der Waals surface area contributed by atoms with Gasteiger partial charge in [0.15, 0.2) is 0 Å². The van der Waals surface area contributed by atoms with E-state index in [0.717, 1.165) is 13.0 Å². The van der Waals surface area contributed by atoms with Crippen molar-refractivity contribution in [3.8, 4) is 0 Å². The van der Waals surface area contributed by atoms with Crippen LogP contribution in [-0.4, -0.2) is 25.8 Å². The molecular formula is C7H15NO. The van der Waals surface area contributed by atoms with Crippen LogP contribution in [0.1, 0.15) is 19.8 Å². The fourth-order valence-corrected chi connectivity index (χ4v) is 1.26. The molecule has 2 nitrogen and oxygen atoms in total. The van der Waals surface area contributed by atoms with Crippen molar-refractivity contribution < 1.29 is 4.74 Å². The Bertz CT molecular complexity index is 85.0. The summed E-state index contributed by atoms with van der Waals surface area (Å²) in [5, 5.41) is 3.25. The van der Waals surface area contributed by atoms with Gasteiger partial charge in [-0.15, -0.1) is 0 Å². The van der Waals surface area contributed by atoms with E-state index in [9.17, 15) is 0 Å². The van der Waals surface area contributed by atoms with E-state index in [4.69, 9.17) is 4.74 Å².